The van der Waals surface area contributed by atoms with E-state index in [2.05, 4.69) is 32.5 Å². The molecular formula is C28H36N4O3. The molecule has 7 nitrogen and oxygen atoms in total. The number of carbonyl (C=O) groups excluding carboxylic acids is 1. The number of amides is 1. The quantitative estimate of drug-likeness (QED) is 0.424. The lowest BCUT2D eigenvalue weighted by atomic mass is 9.97. The van der Waals surface area contributed by atoms with Gasteiger partial charge < -0.3 is 14.6 Å². The monoisotopic (exact) mass is 476 g/mol. The number of aromatic nitrogens is 2. The van der Waals surface area contributed by atoms with Crippen LogP contribution in [0.25, 0.3) is 11.4 Å². The van der Waals surface area contributed by atoms with E-state index in [1.54, 1.807) is 0 Å². The van der Waals surface area contributed by atoms with E-state index in [0.29, 0.717) is 31.3 Å². The highest BCUT2D eigenvalue weighted by Gasteiger charge is 2.26. The molecule has 1 unspecified atom stereocenters. The lowest BCUT2D eigenvalue weighted by Gasteiger charge is -2.30. The van der Waals surface area contributed by atoms with E-state index >= 15 is 0 Å². The summed E-state index contributed by atoms with van der Waals surface area (Å²) < 4.78 is 11.3. The SMILES string of the molecule is Cc1ccccc1-c1noc(CN2CCCC(C(=O)NCCCc3cccc(OC(C)C)c3)C2)n1. The van der Waals surface area contributed by atoms with Crippen molar-refractivity contribution in [3.63, 3.8) is 0 Å². The van der Waals surface area contributed by atoms with Gasteiger partial charge in [0.15, 0.2) is 0 Å². The third kappa shape index (κ3) is 7.15. The molecule has 1 N–H and O–H groups in total. The van der Waals surface area contributed by atoms with Crippen molar-refractivity contribution in [1.29, 1.82) is 0 Å². The molecule has 4 rings (SSSR count). The number of hydrogen-bond acceptors (Lipinski definition) is 6. The first-order chi connectivity index (χ1) is 17.0. The van der Waals surface area contributed by atoms with Crippen LogP contribution in [0.3, 0.4) is 0 Å². The van der Waals surface area contributed by atoms with E-state index in [1.165, 1.54) is 5.56 Å². The maximum Gasteiger partial charge on any atom is 0.241 e. The molecule has 0 spiro atoms. The van der Waals surface area contributed by atoms with Crippen LogP contribution >= 0.6 is 0 Å². The molecule has 0 radical (unpaired) electrons. The summed E-state index contributed by atoms with van der Waals surface area (Å²) in [5.74, 6) is 2.23. The standard InChI is InChI=1S/C28H36N4O3/c1-20(2)34-24-13-6-10-22(17-24)11-7-15-29-28(33)23-12-8-16-32(18-23)19-26-30-27(31-35-26)25-14-5-4-9-21(25)3/h4-6,9-10,13-14,17,20,23H,7-8,11-12,15-16,18-19H2,1-3H3,(H,29,33). The van der Waals surface area contributed by atoms with E-state index in [-0.39, 0.29) is 17.9 Å². The first-order valence-corrected chi connectivity index (χ1v) is 12.6. The predicted molar refractivity (Wildman–Crippen MR) is 136 cm³/mol. The van der Waals surface area contributed by atoms with Crippen molar-refractivity contribution < 1.29 is 14.1 Å². The van der Waals surface area contributed by atoms with Crippen molar-refractivity contribution in [3.8, 4) is 17.1 Å². The second kappa shape index (κ2) is 12.0. The highest BCUT2D eigenvalue weighted by Crippen LogP contribution is 2.22. The number of likely N-dealkylation sites (tertiary alicyclic amines) is 1. The average molecular weight is 477 g/mol. The number of hydrogen-bond donors (Lipinski definition) is 1. The van der Waals surface area contributed by atoms with Gasteiger partial charge in [-0.25, -0.2) is 0 Å². The smallest absolute Gasteiger partial charge is 0.241 e. The van der Waals surface area contributed by atoms with Crippen molar-refractivity contribution in [2.24, 2.45) is 5.92 Å². The Morgan fingerprint density at radius 1 is 1.23 bits per heavy atom. The Bertz CT molecular complexity index is 1110. The molecule has 1 aliphatic rings. The molecule has 0 bridgehead atoms. The van der Waals surface area contributed by atoms with Crippen molar-refractivity contribution in [3.05, 3.63) is 65.5 Å². The van der Waals surface area contributed by atoms with Crippen molar-refractivity contribution in [2.75, 3.05) is 19.6 Å². The largest absolute Gasteiger partial charge is 0.491 e. The molecule has 186 valence electrons. The number of aryl methyl sites for hydroxylation is 2. The lowest BCUT2D eigenvalue weighted by Crippen LogP contribution is -2.43. The normalized spacial score (nSPS) is 16.4. The fraction of sp³-hybridized carbons (Fsp3) is 0.464. The van der Waals surface area contributed by atoms with E-state index in [1.807, 2.05) is 57.2 Å². The summed E-state index contributed by atoms with van der Waals surface area (Å²) in [5.41, 5.74) is 3.33. The first kappa shape index (κ1) is 24.9. The van der Waals surface area contributed by atoms with Crippen LogP contribution in [0.5, 0.6) is 5.75 Å². The van der Waals surface area contributed by atoms with Gasteiger partial charge >= 0.3 is 0 Å². The first-order valence-electron chi connectivity index (χ1n) is 12.6. The molecule has 0 aliphatic carbocycles. The van der Waals surface area contributed by atoms with Crippen molar-refractivity contribution >= 4 is 5.91 Å². The number of nitrogens with one attached hydrogen (secondary N) is 1. The average Bonchev–Trinajstić information content (AvgIpc) is 3.30. The van der Waals surface area contributed by atoms with Crippen LogP contribution in [-0.2, 0) is 17.8 Å². The number of rotatable bonds is 10. The fourth-order valence-corrected chi connectivity index (χ4v) is 4.55. The van der Waals surface area contributed by atoms with Gasteiger partial charge in [0.1, 0.15) is 5.75 Å². The van der Waals surface area contributed by atoms with Crippen LogP contribution in [0.15, 0.2) is 53.1 Å². The Balaban J connectivity index is 1.22. The molecule has 7 heteroatoms. The van der Waals surface area contributed by atoms with Gasteiger partial charge in [-0.2, -0.15) is 4.98 Å². The fourth-order valence-electron chi connectivity index (χ4n) is 4.55. The summed E-state index contributed by atoms with van der Waals surface area (Å²) >= 11 is 0. The second-order valence-electron chi connectivity index (χ2n) is 9.61. The highest BCUT2D eigenvalue weighted by molar-refractivity contribution is 5.78. The van der Waals surface area contributed by atoms with Crippen LogP contribution in [0.2, 0.25) is 0 Å². The molecule has 0 saturated carbocycles. The molecular weight excluding hydrogens is 440 g/mol. The Kier molecular flexibility index (Phi) is 8.53. The van der Waals surface area contributed by atoms with E-state index in [0.717, 1.165) is 49.1 Å². The van der Waals surface area contributed by atoms with E-state index < -0.39 is 0 Å². The number of nitrogens with zero attached hydrogens (tertiary/aromatic N) is 3. The maximum atomic E-state index is 12.8. The van der Waals surface area contributed by atoms with Gasteiger partial charge in [-0.1, -0.05) is 41.6 Å². The van der Waals surface area contributed by atoms with Crippen molar-refractivity contribution in [2.45, 2.75) is 59.1 Å². The predicted octanol–water partition coefficient (Wildman–Crippen LogP) is 4.79. The number of piperidine rings is 1. The Morgan fingerprint density at radius 2 is 2.09 bits per heavy atom. The number of benzene rings is 2. The van der Waals surface area contributed by atoms with Crippen LogP contribution in [0.1, 0.15) is 50.1 Å². The minimum Gasteiger partial charge on any atom is -0.491 e. The highest BCUT2D eigenvalue weighted by atomic mass is 16.5. The van der Waals surface area contributed by atoms with E-state index in [9.17, 15) is 4.79 Å². The van der Waals surface area contributed by atoms with Crippen LogP contribution in [-0.4, -0.2) is 46.7 Å². The number of carbonyl (C=O) groups is 1. The maximum absolute atomic E-state index is 12.8. The topological polar surface area (TPSA) is 80.5 Å². The van der Waals surface area contributed by atoms with Gasteiger partial charge in [-0.05, 0) is 76.3 Å². The molecule has 2 aromatic carbocycles. The molecule has 1 aromatic heterocycles. The van der Waals surface area contributed by atoms with E-state index in [4.69, 9.17) is 9.26 Å². The summed E-state index contributed by atoms with van der Waals surface area (Å²) in [6.07, 6.45) is 3.87. The zero-order valence-electron chi connectivity index (χ0n) is 21.0. The molecule has 1 fully saturated rings. The summed E-state index contributed by atoms with van der Waals surface area (Å²) in [6, 6.07) is 16.2. The summed E-state index contributed by atoms with van der Waals surface area (Å²) in [6.45, 7) is 8.98. The minimum absolute atomic E-state index is 0.00900. The minimum atomic E-state index is -0.00900. The third-order valence-electron chi connectivity index (χ3n) is 6.30. The molecule has 3 aromatic rings. The van der Waals surface area contributed by atoms with Crippen molar-refractivity contribution in [1.82, 2.24) is 20.4 Å². The molecule has 1 aliphatic heterocycles. The Morgan fingerprint density at radius 3 is 2.91 bits per heavy atom. The number of ether oxygens (including phenoxy) is 1. The Hall–Kier alpha value is -3.19. The van der Waals surface area contributed by atoms with Gasteiger partial charge in [0.2, 0.25) is 17.6 Å². The zero-order chi connectivity index (χ0) is 24.6. The third-order valence-corrected chi connectivity index (χ3v) is 6.30. The van der Waals surface area contributed by atoms with Gasteiger partial charge in [-0.15, -0.1) is 0 Å². The van der Waals surface area contributed by atoms with Gasteiger partial charge in [-0.3, -0.25) is 9.69 Å². The molecule has 1 atom stereocenters. The second-order valence-corrected chi connectivity index (χ2v) is 9.61. The van der Waals surface area contributed by atoms with Crippen LogP contribution in [0, 0.1) is 12.8 Å². The van der Waals surface area contributed by atoms with Crippen LogP contribution < -0.4 is 10.1 Å². The zero-order valence-corrected chi connectivity index (χ0v) is 21.0. The summed E-state index contributed by atoms with van der Waals surface area (Å²) in [7, 11) is 0. The Labute approximate surface area is 207 Å². The lowest BCUT2D eigenvalue weighted by molar-refractivity contribution is -0.126. The molecule has 1 amide bonds. The molecule has 2 heterocycles. The molecule has 1 saturated heterocycles. The molecule has 35 heavy (non-hydrogen) atoms. The van der Waals surface area contributed by atoms with Gasteiger partial charge in [0, 0.05) is 18.7 Å². The van der Waals surface area contributed by atoms with Crippen LogP contribution in [0.4, 0.5) is 0 Å². The van der Waals surface area contributed by atoms with Gasteiger partial charge in [0.05, 0.1) is 18.6 Å². The summed E-state index contributed by atoms with van der Waals surface area (Å²) in [5, 5.41) is 7.30. The van der Waals surface area contributed by atoms with Gasteiger partial charge in [0.25, 0.3) is 0 Å². The summed E-state index contributed by atoms with van der Waals surface area (Å²) in [4.78, 5) is 19.6.